The van der Waals surface area contributed by atoms with Crippen molar-refractivity contribution >= 4 is 19.8 Å². The number of carbonyl (C=O) groups is 2. The highest BCUT2D eigenvalue weighted by Gasteiger charge is 2.51. The van der Waals surface area contributed by atoms with Crippen LogP contribution in [0.5, 0.6) is 0 Å². The van der Waals surface area contributed by atoms with Gasteiger partial charge in [-0.25, -0.2) is 4.57 Å². The first-order valence-corrected chi connectivity index (χ1v) is 27.0. The maximum absolute atomic E-state index is 12.8. The molecule has 1 aliphatic carbocycles. The zero-order valence-electron chi connectivity index (χ0n) is 39.6. The van der Waals surface area contributed by atoms with E-state index >= 15 is 0 Å². The summed E-state index contributed by atoms with van der Waals surface area (Å²) in [7, 11) is -5.12. The molecule has 0 spiro atoms. The van der Waals surface area contributed by atoms with Crippen molar-refractivity contribution in [2.75, 3.05) is 13.2 Å². The number of phosphoric acid groups is 1. The van der Waals surface area contributed by atoms with Gasteiger partial charge in [0.15, 0.2) is 6.10 Å². The van der Waals surface area contributed by atoms with E-state index in [0.717, 1.165) is 57.8 Å². The van der Waals surface area contributed by atoms with Crippen molar-refractivity contribution in [2.24, 2.45) is 0 Å². The number of ether oxygens (including phenoxy) is 2. The smallest absolute Gasteiger partial charge is 0.462 e. The van der Waals surface area contributed by atoms with Crippen LogP contribution in [-0.4, -0.2) is 98.3 Å². The Bertz CT molecular complexity index is 1160. The molecule has 1 aliphatic rings. The van der Waals surface area contributed by atoms with E-state index in [2.05, 4.69) is 26.0 Å². The summed E-state index contributed by atoms with van der Waals surface area (Å²) in [5, 5.41) is 50.2. The number of hydrogen-bond donors (Lipinski definition) is 6. The summed E-state index contributed by atoms with van der Waals surface area (Å²) in [6.07, 6.45) is 29.8. The lowest BCUT2D eigenvalue weighted by Crippen LogP contribution is -2.64. The Labute approximate surface area is 382 Å². The van der Waals surface area contributed by atoms with Gasteiger partial charge in [-0.1, -0.05) is 193 Å². The van der Waals surface area contributed by atoms with Crippen LogP contribution in [0.25, 0.3) is 0 Å². The Morgan fingerprint density at radius 3 is 1.21 bits per heavy atom. The molecular weight excluding hydrogens is 828 g/mol. The van der Waals surface area contributed by atoms with Crippen LogP contribution in [0.2, 0.25) is 0 Å². The third-order valence-corrected chi connectivity index (χ3v) is 13.1. The number of rotatable bonds is 43. The van der Waals surface area contributed by atoms with Crippen LogP contribution in [0, 0.1) is 0 Å². The van der Waals surface area contributed by atoms with E-state index in [9.17, 15) is 44.6 Å². The maximum Gasteiger partial charge on any atom is 0.472 e. The highest BCUT2D eigenvalue weighted by molar-refractivity contribution is 7.47. The third kappa shape index (κ3) is 32.0. The number of unbranched alkanes of at least 4 members (excludes halogenated alkanes) is 29. The van der Waals surface area contributed by atoms with Crippen molar-refractivity contribution in [2.45, 2.75) is 275 Å². The van der Waals surface area contributed by atoms with Gasteiger partial charge in [0, 0.05) is 12.8 Å². The summed E-state index contributed by atoms with van der Waals surface area (Å²) in [5.74, 6) is -1.10. The van der Waals surface area contributed by atoms with Crippen molar-refractivity contribution in [3.05, 3.63) is 12.2 Å². The monoisotopic (exact) mass is 921 g/mol. The second kappa shape index (κ2) is 39.7. The van der Waals surface area contributed by atoms with Gasteiger partial charge >= 0.3 is 19.8 Å². The first-order valence-electron chi connectivity index (χ1n) is 25.5. The van der Waals surface area contributed by atoms with Gasteiger partial charge in [-0.15, -0.1) is 0 Å². The number of carbonyl (C=O) groups excluding carboxylic acids is 2. The molecule has 0 aromatic carbocycles. The molecule has 63 heavy (non-hydrogen) atoms. The summed E-state index contributed by atoms with van der Waals surface area (Å²) < 4.78 is 33.6. The Hall–Kier alpha value is -1.41. The highest BCUT2D eigenvalue weighted by Crippen LogP contribution is 2.47. The maximum atomic E-state index is 12.8. The topological polar surface area (TPSA) is 210 Å². The first kappa shape index (κ1) is 59.6. The second-order valence-electron chi connectivity index (χ2n) is 18.0. The van der Waals surface area contributed by atoms with Gasteiger partial charge in [-0.2, -0.15) is 0 Å². The van der Waals surface area contributed by atoms with Crippen LogP contribution < -0.4 is 0 Å². The minimum absolute atomic E-state index is 0.0911. The SMILES string of the molecule is CCCCCCCC/C=C/CCCCCCCC(=O)O[C@@H](COC(=O)CCCCCCCCCCCCCCCCCCCCC)COP(=O)(O)OC1C(O)C(O)C(O)[C@H](O)C1O. The van der Waals surface area contributed by atoms with E-state index in [4.69, 9.17) is 18.5 Å². The van der Waals surface area contributed by atoms with Crippen molar-refractivity contribution in [3.63, 3.8) is 0 Å². The lowest BCUT2D eigenvalue weighted by molar-refractivity contribution is -0.220. The molecule has 0 radical (unpaired) electrons. The van der Waals surface area contributed by atoms with Crippen LogP contribution in [0.1, 0.15) is 232 Å². The van der Waals surface area contributed by atoms with Crippen LogP contribution in [0.3, 0.4) is 0 Å². The zero-order valence-corrected chi connectivity index (χ0v) is 40.5. The zero-order chi connectivity index (χ0) is 46.4. The normalized spacial score (nSPS) is 21.7. The molecule has 1 saturated carbocycles. The molecule has 372 valence electrons. The molecule has 8 atom stereocenters. The molecule has 0 bridgehead atoms. The number of hydrogen-bond acceptors (Lipinski definition) is 12. The van der Waals surface area contributed by atoms with E-state index in [1.807, 2.05) is 0 Å². The Balaban J connectivity index is 2.39. The van der Waals surface area contributed by atoms with Crippen molar-refractivity contribution < 1.29 is 63.1 Å². The largest absolute Gasteiger partial charge is 0.472 e. The van der Waals surface area contributed by atoms with Crippen molar-refractivity contribution in [1.29, 1.82) is 0 Å². The fourth-order valence-electron chi connectivity index (χ4n) is 7.99. The van der Waals surface area contributed by atoms with Gasteiger partial charge in [0.05, 0.1) is 6.61 Å². The van der Waals surface area contributed by atoms with Crippen LogP contribution in [0.15, 0.2) is 12.2 Å². The van der Waals surface area contributed by atoms with Gasteiger partial charge < -0.3 is 39.9 Å². The highest BCUT2D eigenvalue weighted by atomic mass is 31.2. The minimum Gasteiger partial charge on any atom is -0.462 e. The lowest BCUT2D eigenvalue weighted by Gasteiger charge is -2.41. The average molecular weight is 921 g/mol. The predicted octanol–water partition coefficient (Wildman–Crippen LogP) is 10.6. The van der Waals surface area contributed by atoms with E-state index in [1.165, 1.54) is 135 Å². The Morgan fingerprint density at radius 2 is 0.810 bits per heavy atom. The van der Waals surface area contributed by atoms with Gasteiger partial charge in [0.25, 0.3) is 0 Å². The second-order valence-corrected chi connectivity index (χ2v) is 19.4. The molecule has 1 rings (SSSR count). The molecule has 6 unspecified atom stereocenters. The molecule has 0 heterocycles. The number of phosphoric ester groups is 1. The van der Waals surface area contributed by atoms with E-state index in [1.54, 1.807) is 0 Å². The number of esters is 2. The molecule has 0 saturated heterocycles. The van der Waals surface area contributed by atoms with Crippen molar-refractivity contribution in [1.82, 2.24) is 0 Å². The molecule has 6 N–H and O–H groups in total. The summed E-state index contributed by atoms with van der Waals surface area (Å²) >= 11 is 0. The first-order chi connectivity index (χ1) is 30.4. The molecule has 14 heteroatoms. The minimum atomic E-state index is -5.12. The summed E-state index contributed by atoms with van der Waals surface area (Å²) in [6, 6.07) is 0. The van der Waals surface area contributed by atoms with E-state index in [-0.39, 0.29) is 12.8 Å². The van der Waals surface area contributed by atoms with Crippen LogP contribution in [-0.2, 0) is 32.7 Å². The van der Waals surface area contributed by atoms with E-state index < -0.39 is 75.7 Å². The molecule has 0 aromatic heterocycles. The quantitative estimate of drug-likeness (QED) is 0.0146. The lowest BCUT2D eigenvalue weighted by atomic mass is 9.85. The predicted molar refractivity (Wildman–Crippen MR) is 249 cm³/mol. The van der Waals surface area contributed by atoms with Crippen LogP contribution >= 0.6 is 7.82 Å². The molecule has 0 aromatic rings. The molecule has 13 nitrogen and oxygen atoms in total. The van der Waals surface area contributed by atoms with Gasteiger partial charge in [-0.3, -0.25) is 18.6 Å². The van der Waals surface area contributed by atoms with E-state index in [0.29, 0.717) is 12.8 Å². The summed E-state index contributed by atoms with van der Waals surface area (Å²) in [6.45, 7) is 3.32. The van der Waals surface area contributed by atoms with Gasteiger partial charge in [0.2, 0.25) is 0 Å². The number of aliphatic hydroxyl groups is 5. The Kier molecular flexibility index (Phi) is 37.6. The summed E-state index contributed by atoms with van der Waals surface area (Å²) in [4.78, 5) is 35.8. The molecule has 0 amide bonds. The average Bonchev–Trinajstić information content (AvgIpc) is 3.26. The summed E-state index contributed by atoms with van der Waals surface area (Å²) in [5.41, 5.74) is 0. The number of allylic oxidation sites excluding steroid dienone is 2. The number of aliphatic hydroxyl groups excluding tert-OH is 5. The Morgan fingerprint density at radius 1 is 0.476 bits per heavy atom. The van der Waals surface area contributed by atoms with Gasteiger partial charge in [0.1, 0.15) is 43.2 Å². The third-order valence-electron chi connectivity index (χ3n) is 12.1. The fraction of sp³-hybridized carbons (Fsp3) is 0.918. The molecule has 1 fully saturated rings. The van der Waals surface area contributed by atoms with Gasteiger partial charge in [-0.05, 0) is 38.5 Å². The van der Waals surface area contributed by atoms with Crippen molar-refractivity contribution in [3.8, 4) is 0 Å². The molecular formula is C49H93O13P. The molecule has 0 aliphatic heterocycles. The fourth-order valence-corrected chi connectivity index (χ4v) is 8.96. The standard InChI is InChI=1S/C49H93O13P/c1-3-5-7-9-11-13-15-17-19-20-21-22-24-25-27-29-31-33-35-37-42(50)59-39-41(40-60-63(57,58)62-49-47(55)45(53)44(52)46(54)48(49)56)61-43(51)38-36-34-32-30-28-26-23-18-16-14-12-10-8-6-4-2/h18,23,41,44-49,52-56H,3-17,19-22,24-40H2,1-2H3,(H,57,58)/b23-18+/t41-,44?,45-,46?,47?,48?,49?/m0/s1. The van der Waals surface area contributed by atoms with Crippen LogP contribution in [0.4, 0.5) is 0 Å².